The summed E-state index contributed by atoms with van der Waals surface area (Å²) in [7, 11) is 0. The van der Waals surface area contributed by atoms with Crippen LogP contribution in [-0.4, -0.2) is 33.3 Å². The van der Waals surface area contributed by atoms with E-state index in [0.717, 1.165) is 0 Å². The first-order valence-electron chi connectivity index (χ1n) is 10.2. The Morgan fingerprint density at radius 3 is 2.21 bits per heavy atom. The summed E-state index contributed by atoms with van der Waals surface area (Å²) in [6.45, 7) is 5.64. The molecule has 0 saturated heterocycles. The molecule has 0 unspecified atom stereocenters. The molecule has 0 aliphatic heterocycles. The van der Waals surface area contributed by atoms with Gasteiger partial charge in [0.05, 0.1) is 17.1 Å². The van der Waals surface area contributed by atoms with Crippen LogP contribution in [0.25, 0.3) is 0 Å². The number of carbonyl (C=O) groups excluding carboxylic acids is 2. The SMILES string of the molecule is CC(=O)c1cccc(Nc2ncnc(Nc3ccc(C(=O)OCC(C)C)cc3)c2[N+](=O)[O-])c1. The van der Waals surface area contributed by atoms with Crippen molar-refractivity contribution in [3.05, 3.63) is 76.1 Å². The predicted octanol–water partition coefficient (Wildman–Crippen LogP) is 4.89. The number of ketones is 1. The van der Waals surface area contributed by atoms with E-state index in [-0.39, 0.29) is 29.0 Å². The van der Waals surface area contributed by atoms with Gasteiger partial charge in [0, 0.05) is 16.9 Å². The zero-order valence-electron chi connectivity index (χ0n) is 18.4. The van der Waals surface area contributed by atoms with Gasteiger partial charge in [-0.2, -0.15) is 0 Å². The van der Waals surface area contributed by atoms with Crippen molar-refractivity contribution in [1.82, 2.24) is 9.97 Å². The highest BCUT2D eigenvalue weighted by atomic mass is 16.6. The van der Waals surface area contributed by atoms with E-state index < -0.39 is 10.9 Å². The second-order valence-corrected chi connectivity index (χ2v) is 7.63. The summed E-state index contributed by atoms with van der Waals surface area (Å²) in [6, 6.07) is 12.9. The van der Waals surface area contributed by atoms with Gasteiger partial charge in [0.25, 0.3) is 0 Å². The van der Waals surface area contributed by atoms with Gasteiger partial charge in [-0.15, -0.1) is 0 Å². The van der Waals surface area contributed by atoms with E-state index in [1.165, 1.54) is 13.3 Å². The lowest BCUT2D eigenvalue weighted by atomic mass is 10.1. The first kappa shape index (κ1) is 23.3. The summed E-state index contributed by atoms with van der Waals surface area (Å²) in [5, 5.41) is 17.6. The van der Waals surface area contributed by atoms with E-state index in [2.05, 4.69) is 20.6 Å². The lowest BCUT2D eigenvalue weighted by Crippen LogP contribution is -2.10. The van der Waals surface area contributed by atoms with Crippen molar-refractivity contribution in [2.75, 3.05) is 17.2 Å². The van der Waals surface area contributed by atoms with Gasteiger partial charge < -0.3 is 15.4 Å². The Balaban J connectivity index is 1.83. The van der Waals surface area contributed by atoms with Gasteiger partial charge >= 0.3 is 11.7 Å². The number of hydrogen-bond donors (Lipinski definition) is 2. The van der Waals surface area contributed by atoms with Crippen molar-refractivity contribution in [3.8, 4) is 0 Å². The highest BCUT2D eigenvalue weighted by molar-refractivity contribution is 5.95. The van der Waals surface area contributed by atoms with E-state index >= 15 is 0 Å². The van der Waals surface area contributed by atoms with Crippen molar-refractivity contribution in [1.29, 1.82) is 0 Å². The van der Waals surface area contributed by atoms with E-state index in [4.69, 9.17) is 4.74 Å². The predicted molar refractivity (Wildman–Crippen MR) is 123 cm³/mol. The summed E-state index contributed by atoms with van der Waals surface area (Å²) in [6.07, 6.45) is 1.18. The molecular formula is C23H23N5O5. The quantitative estimate of drug-likeness (QED) is 0.202. The molecule has 1 aromatic heterocycles. The number of Topliss-reactive ketones (excluding diaryl/α,β-unsaturated/α-hetero) is 1. The van der Waals surface area contributed by atoms with Crippen LogP contribution in [0.1, 0.15) is 41.5 Å². The summed E-state index contributed by atoms with van der Waals surface area (Å²) < 4.78 is 5.20. The molecule has 2 aromatic carbocycles. The molecule has 0 amide bonds. The average Bonchev–Trinajstić information content (AvgIpc) is 2.78. The van der Waals surface area contributed by atoms with Crippen LogP contribution in [0.3, 0.4) is 0 Å². The molecule has 170 valence electrons. The Labute approximate surface area is 190 Å². The topological polar surface area (TPSA) is 136 Å². The number of anilines is 4. The molecular weight excluding hydrogens is 426 g/mol. The van der Waals surface area contributed by atoms with Gasteiger partial charge in [0.15, 0.2) is 5.78 Å². The molecule has 0 spiro atoms. The fourth-order valence-electron chi connectivity index (χ4n) is 2.84. The Morgan fingerprint density at radius 1 is 1.00 bits per heavy atom. The number of esters is 1. The molecule has 33 heavy (non-hydrogen) atoms. The average molecular weight is 449 g/mol. The third kappa shape index (κ3) is 6.10. The minimum Gasteiger partial charge on any atom is -0.462 e. The fraction of sp³-hybridized carbons (Fsp3) is 0.217. The normalized spacial score (nSPS) is 10.5. The van der Waals surface area contributed by atoms with Crippen molar-refractivity contribution in [2.24, 2.45) is 5.92 Å². The smallest absolute Gasteiger partial charge is 0.353 e. The summed E-state index contributed by atoms with van der Waals surface area (Å²) in [5.41, 5.74) is 1.42. The van der Waals surface area contributed by atoms with Crippen molar-refractivity contribution in [3.63, 3.8) is 0 Å². The van der Waals surface area contributed by atoms with Crippen LogP contribution < -0.4 is 10.6 Å². The van der Waals surface area contributed by atoms with Crippen molar-refractivity contribution in [2.45, 2.75) is 20.8 Å². The van der Waals surface area contributed by atoms with E-state index in [0.29, 0.717) is 29.1 Å². The Kier molecular flexibility index (Phi) is 7.29. The highest BCUT2D eigenvalue weighted by Crippen LogP contribution is 2.33. The molecule has 0 aliphatic rings. The second-order valence-electron chi connectivity index (χ2n) is 7.63. The second kappa shape index (κ2) is 10.3. The highest BCUT2D eigenvalue weighted by Gasteiger charge is 2.23. The fourth-order valence-corrected chi connectivity index (χ4v) is 2.84. The number of nitro groups is 1. The van der Waals surface area contributed by atoms with Gasteiger partial charge in [-0.3, -0.25) is 14.9 Å². The first-order valence-corrected chi connectivity index (χ1v) is 10.2. The number of carbonyl (C=O) groups is 2. The molecule has 0 aliphatic carbocycles. The lowest BCUT2D eigenvalue weighted by Gasteiger charge is -2.11. The number of benzene rings is 2. The molecule has 0 fully saturated rings. The first-order chi connectivity index (χ1) is 15.7. The third-order valence-corrected chi connectivity index (χ3v) is 4.47. The number of nitrogens with one attached hydrogen (secondary N) is 2. The summed E-state index contributed by atoms with van der Waals surface area (Å²) in [5.74, 6) is -0.416. The minimum atomic E-state index is -0.600. The molecule has 3 rings (SSSR count). The minimum absolute atomic E-state index is 0.0321. The van der Waals surface area contributed by atoms with E-state index in [1.807, 2.05) is 13.8 Å². The van der Waals surface area contributed by atoms with E-state index in [9.17, 15) is 19.7 Å². The third-order valence-electron chi connectivity index (χ3n) is 4.47. The van der Waals surface area contributed by atoms with Crippen molar-refractivity contribution < 1.29 is 19.2 Å². The van der Waals surface area contributed by atoms with Gasteiger partial charge in [-0.1, -0.05) is 26.0 Å². The largest absolute Gasteiger partial charge is 0.462 e. The van der Waals surface area contributed by atoms with Gasteiger partial charge in [0.2, 0.25) is 11.6 Å². The molecule has 3 aromatic rings. The lowest BCUT2D eigenvalue weighted by molar-refractivity contribution is -0.383. The maximum atomic E-state index is 12.1. The summed E-state index contributed by atoms with van der Waals surface area (Å²) in [4.78, 5) is 42.9. The number of ether oxygens (including phenoxy) is 1. The Bertz CT molecular complexity index is 1180. The number of nitrogens with zero attached hydrogens (tertiary/aromatic N) is 3. The molecule has 10 heteroatoms. The van der Waals surface area contributed by atoms with Crippen LogP contribution in [0.15, 0.2) is 54.9 Å². The number of aromatic nitrogens is 2. The van der Waals surface area contributed by atoms with Crippen LogP contribution in [0.2, 0.25) is 0 Å². The molecule has 0 saturated carbocycles. The monoisotopic (exact) mass is 449 g/mol. The van der Waals surface area contributed by atoms with Crippen molar-refractivity contribution >= 4 is 40.5 Å². The van der Waals surface area contributed by atoms with Gasteiger partial charge in [-0.05, 0) is 49.2 Å². The van der Waals surface area contributed by atoms with Crippen LogP contribution in [0.4, 0.5) is 28.7 Å². The molecule has 10 nitrogen and oxygen atoms in total. The number of rotatable bonds is 9. The van der Waals surface area contributed by atoms with Crippen LogP contribution in [0, 0.1) is 16.0 Å². The molecule has 0 bridgehead atoms. The Hall–Kier alpha value is -4.34. The van der Waals surface area contributed by atoms with Crippen LogP contribution in [0.5, 0.6) is 0 Å². The van der Waals surface area contributed by atoms with Gasteiger partial charge in [0.1, 0.15) is 6.33 Å². The van der Waals surface area contributed by atoms with E-state index in [1.54, 1.807) is 48.5 Å². The standard InChI is InChI=1S/C23H23N5O5/c1-14(2)12-33-23(30)16-7-9-18(10-8-16)26-21-20(28(31)32)22(25-13-24-21)27-19-6-4-5-17(11-19)15(3)29/h4-11,13-14H,12H2,1-3H3,(H2,24,25,26,27). The van der Waals surface area contributed by atoms with Crippen LogP contribution >= 0.6 is 0 Å². The maximum absolute atomic E-state index is 12.1. The Morgan fingerprint density at radius 2 is 1.64 bits per heavy atom. The number of hydrogen-bond acceptors (Lipinski definition) is 9. The zero-order chi connectivity index (χ0) is 24.0. The molecule has 0 radical (unpaired) electrons. The zero-order valence-corrected chi connectivity index (χ0v) is 18.4. The summed E-state index contributed by atoms with van der Waals surface area (Å²) >= 11 is 0. The molecule has 0 atom stereocenters. The maximum Gasteiger partial charge on any atom is 0.353 e. The van der Waals surface area contributed by atoms with Gasteiger partial charge in [-0.25, -0.2) is 14.8 Å². The molecule has 1 heterocycles. The van der Waals surface area contributed by atoms with Crippen LogP contribution in [-0.2, 0) is 4.74 Å². The molecule has 2 N–H and O–H groups in total.